The molecule has 25 heavy (non-hydrogen) atoms. The van der Waals surface area contributed by atoms with Gasteiger partial charge in [0.15, 0.2) is 0 Å². The van der Waals surface area contributed by atoms with Crippen LogP contribution >= 0.6 is 0 Å². The number of hydrogen-bond acceptors (Lipinski definition) is 4. The van der Waals surface area contributed by atoms with Crippen LogP contribution in [0.25, 0.3) is 0 Å². The zero-order valence-electron chi connectivity index (χ0n) is 15.2. The molecule has 2 heterocycles. The lowest BCUT2D eigenvalue weighted by Crippen LogP contribution is -2.53. The summed E-state index contributed by atoms with van der Waals surface area (Å²) in [7, 11) is 0. The number of carbonyl (C=O) groups excluding carboxylic acids is 2. The fourth-order valence-electron chi connectivity index (χ4n) is 3.70. The fourth-order valence-corrected chi connectivity index (χ4v) is 3.70. The summed E-state index contributed by atoms with van der Waals surface area (Å²) < 4.78 is 11.3. The number of piperazine rings is 1. The Morgan fingerprint density at radius 3 is 2.40 bits per heavy atom. The Kier molecular flexibility index (Phi) is 5.78. The maximum Gasteiger partial charge on any atom is 0.257 e. The first-order valence-electron chi connectivity index (χ1n) is 9.37. The Morgan fingerprint density at radius 1 is 1.20 bits per heavy atom. The predicted octanol–water partition coefficient (Wildman–Crippen LogP) is 2.61. The van der Waals surface area contributed by atoms with Crippen molar-refractivity contribution in [1.29, 1.82) is 0 Å². The van der Waals surface area contributed by atoms with Gasteiger partial charge in [-0.25, -0.2) is 0 Å². The average Bonchev–Trinajstić information content (AvgIpc) is 3.30. The Morgan fingerprint density at radius 2 is 1.84 bits per heavy atom. The zero-order chi connectivity index (χ0) is 17.8. The van der Waals surface area contributed by atoms with E-state index in [1.165, 1.54) is 19.1 Å². The summed E-state index contributed by atoms with van der Waals surface area (Å²) in [6, 6.07) is 1.71. The zero-order valence-corrected chi connectivity index (χ0v) is 15.2. The van der Waals surface area contributed by atoms with Gasteiger partial charge in [0.2, 0.25) is 0 Å². The van der Waals surface area contributed by atoms with Gasteiger partial charge in [-0.05, 0) is 32.3 Å². The van der Waals surface area contributed by atoms with Gasteiger partial charge in [-0.15, -0.1) is 0 Å². The molecule has 138 valence electrons. The van der Waals surface area contributed by atoms with Crippen LogP contribution in [0.4, 0.5) is 0 Å². The van der Waals surface area contributed by atoms with Crippen LogP contribution in [0, 0.1) is 6.92 Å². The van der Waals surface area contributed by atoms with E-state index >= 15 is 0 Å². The summed E-state index contributed by atoms with van der Waals surface area (Å²) in [5.74, 6) is 0.688. The number of furan rings is 1. The molecule has 1 saturated carbocycles. The number of ether oxygens (including phenoxy) is 1. The van der Waals surface area contributed by atoms with Crippen molar-refractivity contribution in [1.82, 2.24) is 9.80 Å². The normalized spacial score (nSPS) is 20.1. The molecule has 2 amide bonds. The van der Waals surface area contributed by atoms with E-state index in [-0.39, 0.29) is 24.0 Å². The number of aryl methyl sites for hydroxylation is 1. The molecule has 0 aromatic carbocycles. The van der Waals surface area contributed by atoms with Crippen LogP contribution < -0.4 is 0 Å². The quantitative estimate of drug-likeness (QED) is 0.820. The van der Waals surface area contributed by atoms with E-state index in [0.29, 0.717) is 43.9 Å². The van der Waals surface area contributed by atoms with Crippen molar-refractivity contribution < 1.29 is 18.7 Å². The molecule has 1 aliphatic carbocycles. The van der Waals surface area contributed by atoms with Crippen molar-refractivity contribution in [2.75, 3.05) is 26.2 Å². The van der Waals surface area contributed by atoms with Gasteiger partial charge < -0.3 is 19.0 Å². The predicted molar refractivity (Wildman–Crippen MR) is 93.3 cm³/mol. The van der Waals surface area contributed by atoms with Gasteiger partial charge in [0.25, 0.3) is 11.8 Å². The standard InChI is InChI=1S/C19H28N2O4/c1-3-17(25-15-6-4-5-7-15)19(23)21-11-9-20(10-12-21)18(22)16-8-13-24-14(16)2/h8,13,15,17H,3-7,9-12H2,1-2H3. The number of rotatable bonds is 5. The van der Waals surface area contributed by atoms with Gasteiger partial charge in [0.05, 0.1) is 17.9 Å². The minimum atomic E-state index is -0.346. The van der Waals surface area contributed by atoms with E-state index < -0.39 is 0 Å². The Bertz CT molecular complexity index is 598. The Hall–Kier alpha value is -1.82. The molecule has 1 aliphatic heterocycles. The van der Waals surface area contributed by atoms with Crippen LogP contribution in [0.5, 0.6) is 0 Å². The van der Waals surface area contributed by atoms with Crippen molar-refractivity contribution in [2.24, 2.45) is 0 Å². The second-order valence-electron chi connectivity index (χ2n) is 6.95. The largest absolute Gasteiger partial charge is 0.469 e. The number of hydrogen-bond donors (Lipinski definition) is 0. The summed E-state index contributed by atoms with van der Waals surface area (Å²) in [5, 5.41) is 0. The molecule has 0 radical (unpaired) electrons. The van der Waals surface area contributed by atoms with Crippen LogP contribution in [0.3, 0.4) is 0 Å². The van der Waals surface area contributed by atoms with Crippen LogP contribution in [-0.4, -0.2) is 60.0 Å². The van der Waals surface area contributed by atoms with Crippen LogP contribution in [0.15, 0.2) is 16.7 Å². The van der Waals surface area contributed by atoms with Crippen molar-refractivity contribution in [2.45, 2.75) is 58.2 Å². The summed E-state index contributed by atoms with van der Waals surface area (Å²) >= 11 is 0. The van der Waals surface area contributed by atoms with Crippen molar-refractivity contribution in [3.05, 3.63) is 23.7 Å². The molecule has 1 aromatic rings. The van der Waals surface area contributed by atoms with Crippen molar-refractivity contribution >= 4 is 11.8 Å². The van der Waals surface area contributed by atoms with Gasteiger partial charge in [-0.1, -0.05) is 19.8 Å². The number of nitrogens with zero attached hydrogens (tertiary/aromatic N) is 2. The topological polar surface area (TPSA) is 63.0 Å². The highest BCUT2D eigenvalue weighted by molar-refractivity contribution is 5.95. The molecule has 1 unspecified atom stereocenters. The van der Waals surface area contributed by atoms with Gasteiger partial charge in [-0.3, -0.25) is 9.59 Å². The Balaban J connectivity index is 1.53. The highest BCUT2D eigenvalue weighted by Gasteiger charge is 2.31. The SMILES string of the molecule is CCC(OC1CCCC1)C(=O)N1CCN(C(=O)c2ccoc2C)CC1. The van der Waals surface area contributed by atoms with E-state index in [1.54, 1.807) is 17.9 Å². The molecule has 2 aliphatic rings. The monoisotopic (exact) mass is 348 g/mol. The molecule has 6 heteroatoms. The molecule has 6 nitrogen and oxygen atoms in total. The van der Waals surface area contributed by atoms with Gasteiger partial charge in [0.1, 0.15) is 11.9 Å². The van der Waals surface area contributed by atoms with Gasteiger partial charge >= 0.3 is 0 Å². The minimum absolute atomic E-state index is 0.0207. The maximum absolute atomic E-state index is 12.8. The average molecular weight is 348 g/mol. The molecule has 3 rings (SSSR count). The molecule has 0 N–H and O–H groups in total. The van der Waals surface area contributed by atoms with Gasteiger partial charge in [-0.2, -0.15) is 0 Å². The minimum Gasteiger partial charge on any atom is -0.469 e. The summed E-state index contributed by atoms with van der Waals surface area (Å²) in [4.78, 5) is 28.9. The molecule has 0 spiro atoms. The van der Waals surface area contributed by atoms with E-state index in [4.69, 9.17) is 9.15 Å². The molecule has 0 bridgehead atoms. The van der Waals surface area contributed by atoms with Crippen molar-refractivity contribution in [3.63, 3.8) is 0 Å². The maximum atomic E-state index is 12.8. The first kappa shape index (κ1) is 18.0. The lowest BCUT2D eigenvalue weighted by molar-refractivity contribution is -0.149. The molecule has 1 aromatic heterocycles. The third-order valence-corrected chi connectivity index (χ3v) is 5.27. The highest BCUT2D eigenvalue weighted by atomic mass is 16.5. The smallest absolute Gasteiger partial charge is 0.257 e. The Labute approximate surface area is 149 Å². The fraction of sp³-hybridized carbons (Fsp3) is 0.684. The second kappa shape index (κ2) is 8.04. The third kappa shape index (κ3) is 4.06. The summed E-state index contributed by atoms with van der Waals surface area (Å²) in [6.45, 7) is 6.01. The lowest BCUT2D eigenvalue weighted by atomic mass is 10.1. The van der Waals surface area contributed by atoms with Crippen LogP contribution in [0.1, 0.15) is 55.1 Å². The summed E-state index contributed by atoms with van der Waals surface area (Å²) in [6.07, 6.45) is 6.65. The van der Waals surface area contributed by atoms with Crippen LogP contribution in [0.2, 0.25) is 0 Å². The first-order valence-corrected chi connectivity index (χ1v) is 9.37. The van der Waals surface area contributed by atoms with Gasteiger partial charge in [0, 0.05) is 26.2 Å². The molecular weight excluding hydrogens is 320 g/mol. The van der Waals surface area contributed by atoms with E-state index in [0.717, 1.165) is 12.8 Å². The second-order valence-corrected chi connectivity index (χ2v) is 6.95. The van der Waals surface area contributed by atoms with E-state index in [9.17, 15) is 9.59 Å². The number of carbonyl (C=O) groups is 2. The number of amides is 2. The molecule has 1 saturated heterocycles. The lowest BCUT2D eigenvalue weighted by Gasteiger charge is -2.36. The first-order chi connectivity index (χ1) is 12.1. The molecular formula is C19H28N2O4. The van der Waals surface area contributed by atoms with E-state index in [1.807, 2.05) is 11.8 Å². The third-order valence-electron chi connectivity index (χ3n) is 5.27. The van der Waals surface area contributed by atoms with E-state index in [2.05, 4.69) is 0 Å². The highest BCUT2D eigenvalue weighted by Crippen LogP contribution is 2.24. The summed E-state index contributed by atoms with van der Waals surface area (Å²) in [5.41, 5.74) is 0.607. The van der Waals surface area contributed by atoms with Crippen molar-refractivity contribution in [3.8, 4) is 0 Å². The molecule has 2 fully saturated rings. The molecule has 1 atom stereocenters. The van der Waals surface area contributed by atoms with Crippen LogP contribution in [-0.2, 0) is 9.53 Å².